The number of fused-ring (bicyclic) bond motifs is 1. The number of anilines is 1. The Kier molecular flexibility index (Phi) is 3.26. The van der Waals surface area contributed by atoms with E-state index in [9.17, 15) is 4.79 Å². The molecular formula is C16H14BrNO2. The van der Waals surface area contributed by atoms with E-state index < -0.39 is 0 Å². The van der Waals surface area contributed by atoms with Gasteiger partial charge in [0, 0.05) is 27.7 Å². The van der Waals surface area contributed by atoms with Crippen molar-refractivity contribution in [2.75, 3.05) is 12.3 Å². The molecule has 3 rings (SSSR count). The topological polar surface area (TPSA) is 52.3 Å². The predicted molar refractivity (Wildman–Crippen MR) is 82.4 cm³/mol. The molecule has 2 aromatic carbocycles. The Morgan fingerprint density at radius 1 is 1.30 bits per heavy atom. The molecular weight excluding hydrogens is 318 g/mol. The minimum Gasteiger partial charge on any atom is -0.493 e. The molecule has 102 valence electrons. The van der Waals surface area contributed by atoms with Crippen molar-refractivity contribution in [1.29, 1.82) is 0 Å². The second kappa shape index (κ2) is 4.94. The summed E-state index contributed by atoms with van der Waals surface area (Å²) in [6, 6.07) is 9.22. The molecule has 2 aromatic rings. The van der Waals surface area contributed by atoms with Crippen molar-refractivity contribution in [3.63, 3.8) is 0 Å². The molecule has 0 amide bonds. The first-order chi connectivity index (χ1) is 9.56. The molecule has 1 aliphatic heterocycles. The molecule has 0 spiro atoms. The van der Waals surface area contributed by atoms with E-state index in [1.165, 1.54) is 0 Å². The number of nitrogens with two attached hydrogens (primary N) is 1. The van der Waals surface area contributed by atoms with Crippen LogP contribution in [0, 0.1) is 6.92 Å². The number of hydrogen-bond donors (Lipinski definition) is 1. The van der Waals surface area contributed by atoms with Gasteiger partial charge in [-0.15, -0.1) is 0 Å². The van der Waals surface area contributed by atoms with Crippen molar-refractivity contribution in [3.05, 3.63) is 57.1 Å². The lowest BCUT2D eigenvalue weighted by molar-refractivity contribution is 0.103. The monoisotopic (exact) mass is 331 g/mol. The van der Waals surface area contributed by atoms with Crippen LogP contribution in [0.1, 0.15) is 27.0 Å². The fourth-order valence-electron chi connectivity index (χ4n) is 2.42. The minimum atomic E-state index is -0.00907. The quantitative estimate of drug-likeness (QED) is 0.676. The third kappa shape index (κ3) is 2.20. The molecule has 2 N–H and O–H groups in total. The largest absolute Gasteiger partial charge is 0.493 e. The first-order valence-corrected chi connectivity index (χ1v) is 7.21. The number of carbonyl (C=O) groups is 1. The molecule has 0 unspecified atom stereocenters. The number of rotatable bonds is 2. The summed E-state index contributed by atoms with van der Waals surface area (Å²) in [6.45, 7) is 2.56. The molecule has 0 fully saturated rings. The highest BCUT2D eigenvalue weighted by Crippen LogP contribution is 2.29. The van der Waals surface area contributed by atoms with Crippen LogP contribution in [0.4, 0.5) is 5.69 Å². The molecule has 0 saturated heterocycles. The molecule has 0 saturated carbocycles. The normalized spacial score (nSPS) is 12.9. The lowest BCUT2D eigenvalue weighted by Crippen LogP contribution is -2.06. The number of ketones is 1. The van der Waals surface area contributed by atoms with Crippen LogP contribution in [0.5, 0.6) is 5.75 Å². The van der Waals surface area contributed by atoms with E-state index in [0.29, 0.717) is 23.4 Å². The Balaban J connectivity index is 2.05. The summed E-state index contributed by atoms with van der Waals surface area (Å²) in [7, 11) is 0. The van der Waals surface area contributed by atoms with Crippen LogP contribution in [-0.4, -0.2) is 12.4 Å². The van der Waals surface area contributed by atoms with Crippen LogP contribution in [0.2, 0.25) is 0 Å². The van der Waals surface area contributed by atoms with Crippen molar-refractivity contribution < 1.29 is 9.53 Å². The minimum absolute atomic E-state index is 0.00907. The van der Waals surface area contributed by atoms with E-state index in [0.717, 1.165) is 27.8 Å². The summed E-state index contributed by atoms with van der Waals surface area (Å²) in [5.41, 5.74) is 9.76. The van der Waals surface area contributed by atoms with Gasteiger partial charge >= 0.3 is 0 Å². The fraction of sp³-hybridized carbons (Fsp3) is 0.188. The van der Waals surface area contributed by atoms with Crippen LogP contribution in [0.25, 0.3) is 0 Å². The summed E-state index contributed by atoms with van der Waals surface area (Å²) >= 11 is 3.39. The summed E-state index contributed by atoms with van der Waals surface area (Å²) in [4.78, 5) is 12.7. The predicted octanol–water partition coefficient (Wildman–Crippen LogP) is 3.51. The Labute approximate surface area is 125 Å². The van der Waals surface area contributed by atoms with Gasteiger partial charge in [0.2, 0.25) is 0 Å². The molecule has 0 atom stereocenters. The third-order valence-electron chi connectivity index (χ3n) is 3.61. The van der Waals surface area contributed by atoms with Gasteiger partial charge in [-0.05, 0) is 48.4 Å². The standard InChI is InChI=1S/C16H14BrNO2/c1-9-13(7-12(17)8-14(9)18)16(19)11-2-3-15-10(6-11)4-5-20-15/h2-3,6-8H,4-5,18H2,1H3. The van der Waals surface area contributed by atoms with E-state index in [2.05, 4.69) is 15.9 Å². The smallest absolute Gasteiger partial charge is 0.193 e. The fourth-order valence-corrected chi connectivity index (χ4v) is 2.89. The molecule has 0 aliphatic carbocycles. The highest BCUT2D eigenvalue weighted by Gasteiger charge is 2.18. The molecule has 0 aromatic heterocycles. The van der Waals surface area contributed by atoms with E-state index in [4.69, 9.17) is 10.5 Å². The summed E-state index contributed by atoms with van der Waals surface area (Å²) in [6.07, 6.45) is 0.857. The van der Waals surface area contributed by atoms with Crippen molar-refractivity contribution in [1.82, 2.24) is 0 Å². The number of carbonyl (C=O) groups excluding carboxylic acids is 1. The van der Waals surface area contributed by atoms with Crippen LogP contribution in [-0.2, 0) is 6.42 Å². The van der Waals surface area contributed by atoms with Crippen LogP contribution < -0.4 is 10.5 Å². The zero-order valence-corrected chi connectivity index (χ0v) is 12.7. The summed E-state index contributed by atoms with van der Waals surface area (Å²) in [5.74, 6) is 0.872. The van der Waals surface area contributed by atoms with Gasteiger partial charge in [-0.1, -0.05) is 15.9 Å². The van der Waals surface area contributed by atoms with Gasteiger partial charge in [-0.25, -0.2) is 0 Å². The van der Waals surface area contributed by atoms with E-state index >= 15 is 0 Å². The highest BCUT2D eigenvalue weighted by atomic mass is 79.9. The zero-order chi connectivity index (χ0) is 14.3. The number of nitrogen functional groups attached to an aromatic ring is 1. The van der Waals surface area contributed by atoms with E-state index in [1.54, 1.807) is 0 Å². The lowest BCUT2D eigenvalue weighted by Gasteiger charge is -2.09. The van der Waals surface area contributed by atoms with E-state index in [1.807, 2.05) is 37.3 Å². The van der Waals surface area contributed by atoms with Crippen LogP contribution in [0.3, 0.4) is 0 Å². The number of benzene rings is 2. The molecule has 4 heteroatoms. The average Bonchev–Trinajstić information content (AvgIpc) is 2.89. The highest BCUT2D eigenvalue weighted by molar-refractivity contribution is 9.10. The molecule has 3 nitrogen and oxygen atoms in total. The zero-order valence-electron chi connectivity index (χ0n) is 11.1. The number of hydrogen-bond acceptors (Lipinski definition) is 3. The maximum Gasteiger partial charge on any atom is 0.193 e. The molecule has 1 aliphatic rings. The second-order valence-corrected chi connectivity index (χ2v) is 5.83. The number of halogens is 1. The lowest BCUT2D eigenvalue weighted by atomic mass is 9.96. The Morgan fingerprint density at radius 3 is 2.90 bits per heavy atom. The van der Waals surface area contributed by atoms with Gasteiger partial charge in [0.25, 0.3) is 0 Å². The first kappa shape index (κ1) is 13.2. The van der Waals surface area contributed by atoms with Gasteiger partial charge in [0.15, 0.2) is 5.78 Å². The Morgan fingerprint density at radius 2 is 2.10 bits per heavy atom. The molecule has 0 bridgehead atoms. The van der Waals surface area contributed by atoms with Gasteiger partial charge in [-0.3, -0.25) is 4.79 Å². The van der Waals surface area contributed by atoms with E-state index in [-0.39, 0.29) is 5.78 Å². The van der Waals surface area contributed by atoms with Crippen molar-refractivity contribution in [2.24, 2.45) is 0 Å². The third-order valence-corrected chi connectivity index (χ3v) is 4.07. The molecule has 0 radical (unpaired) electrons. The average molecular weight is 332 g/mol. The van der Waals surface area contributed by atoms with Gasteiger partial charge in [0.05, 0.1) is 6.61 Å². The van der Waals surface area contributed by atoms with Crippen LogP contribution in [0.15, 0.2) is 34.8 Å². The van der Waals surface area contributed by atoms with Gasteiger partial charge in [-0.2, -0.15) is 0 Å². The van der Waals surface area contributed by atoms with Gasteiger partial charge < -0.3 is 10.5 Å². The van der Waals surface area contributed by atoms with Crippen molar-refractivity contribution >= 4 is 27.4 Å². The van der Waals surface area contributed by atoms with Gasteiger partial charge in [0.1, 0.15) is 5.75 Å². The van der Waals surface area contributed by atoms with Crippen molar-refractivity contribution in [3.8, 4) is 5.75 Å². The Bertz CT molecular complexity index is 710. The summed E-state index contributed by atoms with van der Waals surface area (Å²) < 4.78 is 6.28. The molecule has 1 heterocycles. The SMILES string of the molecule is Cc1c(N)cc(Br)cc1C(=O)c1ccc2c(c1)CCO2. The van der Waals surface area contributed by atoms with Crippen LogP contribution >= 0.6 is 15.9 Å². The maximum atomic E-state index is 12.7. The summed E-state index contributed by atoms with van der Waals surface area (Å²) in [5, 5.41) is 0. The molecule has 20 heavy (non-hydrogen) atoms. The first-order valence-electron chi connectivity index (χ1n) is 6.42. The van der Waals surface area contributed by atoms with Crippen molar-refractivity contribution in [2.45, 2.75) is 13.3 Å². The number of ether oxygens (including phenoxy) is 1. The maximum absolute atomic E-state index is 12.7. The second-order valence-electron chi connectivity index (χ2n) is 4.92. The Hall–Kier alpha value is -1.81.